The Hall–Kier alpha value is -1.18. The molecule has 0 unspecified atom stereocenters. The van der Waals surface area contributed by atoms with Gasteiger partial charge >= 0.3 is 0 Å². The van der Waals surface area contributed by atoms with Gasteiger partial charge in [-0.15, -0.1) is 0 Å². The lowest BCUT2D eigenvalue weighted by atomic mass is 10.3. The van der Waals surface area contributed by atoms with Crippen LogP contribution in [-0.4, -0.2) is 5.11 Å². The van der Waals surface area contributed by atoms with Crippen molar-refractivity contribution in [1.82, 2.24) is 0 Å². The van der Waals surface area contributed by atoms with E-state index in [-0.39, 0.29) is 5.76 Å². The molecule has 0 aromatic rings. The smallest absolute Gasteiger partial charge is 0.0892 e. The highest BCUT2D eigenvalue weighted by atomic mass is 16.3. The lowest BCUT2D eigenvalue weighted by Crippen LogP contribution is -1.90. The van der Waals surface area contributed by atoms with Crippen LogP contribution in [0.1, 0.15) is 34.6 Å². The maximum Gasteiger partial charge on any atom is 0.0892 e. The van der Waals surface area contributed by atoms with Gasteiger partial charge in [-0.25, -0.2) is 0 Å². The highest BCUT2D eigenvalue weighted by Gasteiger charge is 1.76. The first-order valence-corrected chi connectivity index (χ1v) is 4.62. The highest BCUT2D eigenvalue weighted by Crippen LogP contribution is 1.89. The second-order valence-corrected chi connectivity index (χ2v) is 1.68. The molecule has 0 saturated carbocycles. The van der Waals surface area contributed by atoms with Crippen LogP contribution in [0.15, 0.2) is 36.3 Å². The van der Waals surface area contributed by atoms with Crippen LogP contribution in [0.4, 0.5) is 0 Å². The summed E-state index contributed by atoms with van der Waals surface area (Å²) in [5, 5.41) is 8.62. The molecule has 0 aromatic carbocycles. The predicted octanol–water partition coefficient (Wildman–Crippen LogP) is 3.53. The number of rotatable bonds is 2. The molecule has 2 heteroatoms. The summed E-state index contributed by atoms with van der Waals surface area (Å²) in [4.78, 5) is 0. The van der Waals surface area contributed by atoms with Crippen LogP contribution < -0.4 is 5.73 Å². The standard InChI is InChI=1S/C7H11NO.2C2H6/c1-3-7(8)5-4-6(2)9;2*1-2/h3-5,9H,1,8H2,2H3;2*1-2H3/b6-4+,7-5+;;. The fourth-order valence-corrected chi connectivity index (χ4v) is 0.285. The molecule has 0 saturated heterocycles. The fourth-order valence-electron chi connectivity index (χ4n) is 0.285. The Labute approximate surface area is 82.5 Å². The molecule has 0 atom stereocenters. The number of hydrogen-bond acceptors (Lipinski definition) is 2. The monoisotopic (exact) mass is 185 g/mol. The molecule has 0 rings (SSSR count). The molecule has 0 aromatic heterocycles. The van der Waals surface area contributed by atoms with E-state index in [1.165, 1.54) is 12.2 Å². The summed E-state index contributed by atoms with van der Waals surface area (Å²) in [6.45, 7) is 13.0. The van der Waals surface area contributed by atoms with Crippen LogP contribution in [0.3, 0.4) is 0 Å². The summed E-state index contributed by atoms with van der Waals surface area (Å²) >= 11 is 0. The highest BCUT2D eigenvalue weighted by molar-refractivity contribution is 5.19. The first-order valence-electron chi connectivity index (χ1n) is 4.62. The molecular weight excluding hydrogens is 162 g/mol. The Morgan fingerprint density at radius 2 is 1.54 bits per heavy atom. The van der Waals surface area contributed by atoms with Gasteiger partial charge in [-0.2, -0.15) is 0 Å². The molecule has 0 aliphatic carbocycles. The van der Waals surface area contributed by atoms with Crippen molar-refractivity contribution in [2.75, 3.05) is 0 Å². The third-order valence-electron chi connectivity index (χ3n) is 0.753. The number of allylic oxidation sites excluding steroid dienone is 4. The topological polar surface area (TPSA) is 46.2 Å². The van der Waals surface area contributed by atoms with Crippen molar-refractivity contribution in [3.05, 3.63) is 36.3 Å². The van der Waals surface area contributed by atoms with Crippen molar-refractivity contribution in [2.24, 2.45) is 5.73 Å². The fraction of sp³-hybridized carbons (Fsp3) is 0.455. The van der Waals surface area contributed by atoms with E-state index in [9.17, 15) is 0 Å². The van der Waals surface area contributed by atoms with Crippen LogP contribution >= 0.6 is 0 Å². The molecule has 0 heterocycles. The SMILES string of the molecule is C=C/C(N)=C\C=C(/C)O.CC.CC. The zero-order chi connectivity index (χ0) is 11.3. The van der Waals surface area contributed by atoms with Crippen molar-refractivity contribution < 1.29 is 5.11 Å². The molecule has 2 nitrogen and oxygen atoms in total. The van der Waals surface area contributed by atoms with E-state index in [1.54, 1.807) is 13.0 Å². The lowest BCUT2D eigenvalue weighted by Gasteiger charge is -1.86. The average molecular weight is 185 g/mol. The van der Waals surface area contributed by atoms with Crippen LogP contribution in [-0.2, 0) is 0 Å². The number of aliphatic hydroxyl groups excluding tert-OH is 1. The Balaban J connectivity index is -0.000000218. The van der Waals surface area contributed by atoms with Crippen molar-refractivity contribution in [1.29, 1.82) is 0 Å². The molecule has 78 valence electrons. The summed E-state index contributed by atoms with van der Waals surface area (Å²) in [5.74, 6) is 0.236. The minimum absolute atomic E-state index is 0.236. The lowest BCUT2D eigenvalue weighted by molar-refractivity contribution is 0.414. The summed E-state index contributed by atoms with van der Waals surface area (Å²) in [7, 11) is 0. The number of aliphatic hydroxyl groups is 1. The van der Waals surface area contributed by atoms with Gasteiger partial charge in [0, 0.05) is 5.70 Å². The molecular formula is C11H23NO. The van der Waals surface area contributed by atoms with Crippen LogP contribution in [0.5, 0.6) is 0 Å². The average Bonchev–Trinajstić information content (AvgIpc) is 2.20. The molecule has 0 fully saturated rings. The zero-order valence-electron chi connectivity index (χ0n) is 9.46. The largest absolute Gasteiger partial charge is 0.513 e. The van der Waals surface area contributed by atoms with Gasteiger partial charge in [0.05, 0.1) is 5.76 Å². The van der Waals surface area contributed by atoms with E-state index >= 15 is 0 Å². The van der Waals surface area contributed by atoms with Gasteiger partial charge in [-0.3, -0.25) is 0 Å². The van der Waals surface area contributed by atoms with Gasteiger partial charge in [0.2, 0.25) is 0 Å². The molecule has 0 radical (unpaired) electrons. The summed E-state index contributed by atoms with van der Waals surface area (Å²) in [6, 6.07) is 0. The first-order chi connectivity index (χ1) is 6.16. The predicted molar refractivity (Wildman–Crippen MR) is 61.5 cm³/mol. The van der Waals surface area contributed by atoms with Crippen molar-refractivity contribution >= 4 is 0 Å². The third-order valence-corrected chi connectivity index (χ3v) is 0.753. The summed E-state index contributed by atoms with van der Waals surface area (Å²) in [5.41, 5.74) is 5.85. The van der Waals surface area contributed by atoms with E-state index in [4.69, 9.17) is 10.8 Å². The molecule has 0 amide bonds. The molecule has 0 aliphatic rings. The first kappa shape index (κ1) is 17.8. The van der Waals surface area contributed by atoms with E-state index < -0.39 is 0 Å². The normalized spacial score (nSPS) is 10.2. The van der Waals surface area contributed by atoms with E-state index in [2.05, 4.69) is 6.58 Å². The summed E-state index contributed by atoms with van der Waals surface area (Å²) in [6.07, 6.45) is 4.61. The second kappa shape index (κ2) is 17.1. The Morgan fingerprint density at radius 1 is 1.15 bits per heavy atom. The van der Waals surface area contributed by atoms with Gasteiger partial charge in [-0.05, 0) is 25.2 Å². The second-order valence-electron chi connectivity index (χ2n) is 1.68. The van der Waals surface area contributed by atoms with Crippen LogP contribution in [0, 0.1) is 0 Å². The Morgan fingerprint density at radius 3 is 1.77 bits per heavy atom. The van der Waals surface area contributed by atoms with Crippen molar-refractivity contribution in [3.8, 4) is 0 Å². The molecule has 3 N–H and O–H groups in total. The molecule has 0 aliphatic heterocycles. The Bertz CT molecular complexity index is 153. The molecule has 13 heavy (non-hydrogen) atoms. The van der Waals surface area contributed by atoms with Gasteiger partial charge in [0.1, 0.15) is 0 Å². The van der Waals surface area contributed by atoms with Crippen molar-refractivity contribution in [2.45, 2.75) is 34.6 Å². The van der Waals surface area contributed by atoms with Gasteiger partial charge in [0.15, 0.2) is 0 Å². The minimum Gasteiger partial charge on any atom is -0.513 e. The van der Waals surface area contributed by atoms with Crippen LogP contribution in [0.25, 0.3) is 0 Å². The van der Waals surface area contributed by atoms with Gasteiger partial charge < -0.3 is 10.8 Å². The number of hydrogen-bond donors (Lipinski definition) is 2. The maximum absolute atomic E-state index is 8.62. The number of nitrogens with two attached hydrogens (primary N) is 1. The molecule has 0 bridgehead atoms. The van der Waals surface area contributed by atoms with Crippen LogP contribution in [0.2, 0.25) is 0 Å². The van der Waals surface area contributed by atoms with E-state index in [0.29, 0.717) is 5.70 Å². The van der Waals surface area contributed by atoms with Gasteiger partial charge in [0.25, 0.3) is 0 Å². The Kier molecular flexibility index (Phi) is 23.3. The molecule has 0 spiro atoms. The van der Waals surface area contributed by atoms with E-state index in [1.807, 2.05) is 27.7 Å². The van der Waals surface area contributed by atoms with Crippen molar-refractivity contribution in [3.63, 3.8) is 0 Å². The zero-order valence-corrected chi connectivity index (χ0v) is 9.46. The van der Waals surface area contributed by atoms with Gasteiger partial charge in [-0.1, -0.05) is 34.3 Å². The minimum atomic E-state index is 0.236. The quantitative estimate of drug-likeness (QED) is 0.510. The van der Waals surface area contributed by atoms with E-state index in [0.717, 1.165) is 0 Å². The third kappa shape index (κ3) is 24.8. The summed E-state index contributed by atoms with van der Waals surface area (Å²) < 4.78 is 0. The maximum atomic E-state index is 8.62.